The number of esters is 1. The first-order chi connectivity index (χ1) is 7.72. The molecule has 0 heterocycles. The molecule has 0 aliphatic heterocycles. The van der Waals surface area contributed by atoms with Crippen molar-refractivity contribution in [1.82, 2.24) is 0 Å². The fraction of sp³-hybridized carbons (Fsp3) is 0.417. The first-order valence-electron chi connectivity index (χ1n) is 5.32. The van der Waals surface area contributed by atoms with E-state index in [4.69, 9.17) is 10.5 Å². The minimum Gasteiger partial charge on any atom is -0.461 e. The van der Waals surface area contributed by atoms with Crippen molar-refractivity contribution in [3.8, 4) is 0 Å². The van der Waals surface area contributed by atoms with Crippen molar-refractivity contribution >= 4 is 21.9 Å². The average molecular weight is 286 g/mol. The molecule has 1 aromatic rings. The number of unbranched alkanes of at least 4 members (excludes halogenated alkanes) is 1. The number of ether oxygens (including phenoxy) is 1. The Morgan fingerprint density at radius 3 is 2.88 bits per heavy atom. The van der Waals surface area contributed by atoms with Crippen LogP contribution in [0.2, 0.25) is 0 Å². The number of hydrogen-bond acceptors (Lipinski definition) is 3. The smallest absolute Gasteiger partial charge is 0.306 e. The van der Waals surface area contributed by atoms with Gasteiger partial charge in [0.25, 0.3) is 0 Å². The summed E-state index contributed by atoms with van der Waals surface area (Å²) in [6, 6.07) is 7.72. The Labute approximate surface area is 104 Å². The molecule has 0 radical (unpaired) electrons. The van der Waals surface area contributed by atoms with Crippen molar-refractivity contribution in [2.24, 2.45) is 5.73 Å². The maximum absolute atomic E-state index is 11.3. The number of carbonyl (C=O) groups excluding carboxylic acids is 1. The summed E-state index contributed by atoms with van der Waals surface area (Å²) in [5.41, 5.74) is 6.33. The van der Waals surface area contributed by atoms with Crippen LogP contribution in [0.4, 0.5) is 0 Å². The maximum Gasteiger partial charge on any atom is 0.306 e. The Hall–Kier alpha value is -0.870. The predicted molar refractivity (Wildman–Crippen MR) is 66.8 cm³/mol. The van der Waals surface area contributed by atoms with Gasteiger partial charge in [0.1, 0.15) is 6.61 Å². The number of hydrogen-bond donors (Lipinski definition) is 1. The van der Waals surface area contributed by atoms with E-state index in [0.717, 1.165) is 22.9 Å². The highest BCUT2D eigenvalue weighted by molar-refractivity contribution is 9.10. The second kappa shape index (κ2) is 7.41. The van der Waals surface area contributed by atoms with Gasteiger partial charge in [0.05, 0.1) is 0 Å². The lowest BCUT2D eigenvalue weighted by Gasteiger charge is -2.05. The number of rotatable bonds is 6. The van der Waals surface area contributed by atoms with Gasteiger partial charge in [-0.25, -0.2) is 0 Å². The van der Waals surface area contributed by atoms with Crippen molar-refractivity contribution in [2.75, 3.05) is 6.54 Å². The van der Waals surface area contributed by atoms with Gasteiger partial charge in [-0.3, -0.25) is 4.79 Å². The summed E-state index contributed by atoms with van der Waals surface area (Å²) in [5.74, 6) is -0.159. The Bertz CT molecular complexity index is 342. The predicted octanol–water partition coefficient (Wildman–Crippen LogP) is 2.62. The fourth-order valence-electron chi connectivity index (χ4n) is 1.28. The van der Waals surface area contributed by atoms with Crippen LogP contribution in [0.5, 0.6) is 0 Å². The summed E-state index contributed by atoms with van der Waals surface area (Å²) in [6.45, 7) is 0.958. The second-order valence-corrected chi connectivity index (χ2v) is 4.45. The summed E-state index contributed by atoms with van der Waals surface area (Å²) in [4.78, 5) is 11.3. The molecule has 1 rings (SSSR count). The van der Waals surface area contributed by atoms with Crippen LogP contribution in [0, 0.1) is 0 Å². The number of benzene rings is 1. The first-order valence-corrected chi connectivity index (χ1v) is 6.12. The zero-order chi connectivity index (χ0) is 11.8. The van der Waals surface area contributed by atoms with E-state index in [-0.39, 0.29) is 5.97 Å². The van der Waals surface area contributed by atoms with Crippen LogP contribution in [-0.2, 0) is 16.1 Å². The molecule has 0 fully saturated rings. The van der Waals surface area contributed by atoms with Gasteiger partial charge in [0.15, 0.2) is 0 Å². The van der Waals surface area contributed by atoms with Crippen molar-refractivity contribution in [2.45, 2.75) is 25.9 Å². The molecule has 0 atom stereocenters. The number of nitrogens with two attached hydrogens (primary N) is 1. The lowest BCUT2D eigenvalue weighted by molar-refractivity contribution is -0.145. The molecule has 0 aliphatic rings. The minimum atomic E-state index is -0.159. The van der Waals surface area contributed by atoms with Crippen LogP contribution in [0.1, 0.15) is 24.8 Å². The van der Waals surface area contributed by atoms with Gasteiger partial charge in [-0.15, -0.1) is 0 Å². The normalized spacial score (nSPS) is 10.1. The summed E-state index contributed by atoms with van der Waals surface area (Å²) in [5, 5.41) is 0. The van der Waals surface area contributed by atoms with E-state index in [1.807, 2.05) is 24.3 Å². The van der Waals surface area contributed by atoms with Gasteiger partial charge in [0, 0.05) is 10.9 Å². The third-order valence-electron chi connectivity index (χ3n) is 2.12. The largest absolute Gasteiger partial charge is 0.461 e. The minimum absolute atomic E-state index is 0.159. The van der Waals surface area contributed by atoms with E-state index in [9.17, 15) is 4.79 Å². The molecule has 0 bridgehead atoms. The van der Waals surface area contributed by atoms with E-state index >= 15 is 0 Å². The van der Waals surface area contributed by atoms with Gasteiger partial charge in [-0.1, -0.05) is 28.1 Å². The molecular formula is C12H16BrNO2. The van der Waals surface area contributed by atoms with Gasteiger partial charge in [0.2, 0.25) is 0 Å². The Morgan fingerprint density at radius 2 is 2.19 bits per heavy atom. The third kappa shape index (κ3) is 5.28. The van der Waals surface area contributed by atoms with Crippen LogP contribution < -0.4 is 5.73 Å². The highest BCUT2D eigenvalue weighted by Crippen LogP contribution is 2.12. The molecule has 0 aliphatic carbocycles. The molecule has 88 valence electrons. The molecule has 0 saturated heterocycles. The van der Waals surface area contributed by atoms with Crippen LogP contribution in [0.25, 0.3) is 0 Å². The van der Waals surface area contributed by atoms with Crippen LogP contribution in [-0.4, -0.2) is 12.5 Å². The quantitative estimate of drug-likeness (QED) is 0.646. The Balaban J connectivity index is 2.26. The molecule has 2 N–H and O–H groups in total. The van der Waals surface area contributed by atoms with Crippen molar-refractivity contribution in [1.29, 1.82) is 0 Å². The van der Waals surface area contributed by atoms with Crippen LogP contribution in [0.15, 0.2) is 28.7 Å². The van der Waals surface area contributed by atoms with E-state index in [2.05, 4.69) is 15.9 Å². The molecule has 0 spiro atoms. The molecular weight excluding hydrogens is 270 g/mol. The molecule has 0 unspecified atom stereocenters. The average Bonchev–Trinajstić information content (AvgIpc) is 2.27. The van der Waals surface area contributed by atoms with E-state index < -0.39 is 0 Å². The topological polar surface area (TPSA) is 52.3 Å². The summed E-state index contributed by atoms with van der Waals surface area (Å²) in [7, 11) is 0. The summed E-state index contributed by atoms with van der Waals surface area (Å²) >= 11 is 3.37. The zero-order valence-corrected chi connectivity index (χ0v) is 10.7. The zero-order valence-electron chi connectivity index (χ0n) is 9.12. The van der Waals surface area contributed by atoms with E-state index in [0.29, 0.717) is 19.6 Å². The van der Waals surface area contributed by atoms with Crippen molar-refractivity contribution in [3.63, 3.8) is 0 Å². The fourth-order valence-corrected chi connectivity index (χ4v) is 1.72. The second-order valence-electron chi connectivity index (χ2n) is 3.54. The molecule has 0 amide bonds. The Morgan fingerprint density at radius 1 is 1.38 bits per heavy atom. The van der Waals surface area contributed by atoms with Gasteiger partial charge >= 0.3 is 5.97 Å². The molecule has 3 nitrogen and oxygen atoms in total. The Kier molecular flexibility index (Phi) is 6.11. The molecule has 16 heavy (non-hydrogen) atoms. The van der Waals surface area contributed by atoms with Crippen molar-refractivity contribution in [3.05, 3.63) is 34.3 Å². The van der Waals surface area contributed by atoms with Gasteiger partial charge in [-0.2, -0.15) is 0 Å². The highest BCUT2D eigenvalue weighted by Gasteiger charge is 2.02. The SMILES string of the molecule is NCCCCC(=O)OCc1cccc(Br)c1. The van der Waals surface area contributed by atoms with Gasteiger partial charge < -0.3 is 10.5 Å². The highest BCUT2D eigenvalue weighted by atomic mass is 79.9. The molecule has 0 saturated carbocycles. The van der Waals surface area contributed by atoms with Gasteiger partial charge in [-0.05, 0) is 37.1 Å². The van der Waals surface area contributed by atoms with Crippen LogP contribution >= 0.6 is 15.9 Å². The van der Waals surface area contributed by atoms with E-state index in [1.54, 1.807) is 0 Å². The third-order valence-corrected chi connectivity index (χ3v) is 2.62. The van der Waals surface area contributed by atoms with Crippen LogP contribution in [0.3, 0.4) is 0 Å². The first kappa shape index (κ1) is 13.2. The standard InChI is InChI=1S/C12H16BrNO2/c13-11-5-3-4-10(8-11)9-16-12(15)6-1-2-7-14/h3-5,8H,1-2,6-7,9,14H2. The van der Waals surface area contributed by atoms with E-state index in [1.165, 1.54) is 0 Å². The summed E-state index contributed by atoms with van der Waals surface area (Å²) < 4.78 is 6.12. The molecule has 1 aromatic carbocycles. The summed E-state index contributed by atoms with van der Waals surface area (Å²) in [6.07, 6.45) is 2.12. The molecule has 0 aromatic heterocycles. The lowest BCUT2D eigenvalue weighted by atomic mass is 10.2. The maximum atomic E-state index is 11.3. The number of carbonyl (C=O) groups is 1. The monoisotopic (exact) mass is 285 g/mol. The van der Waals surface area contributed by atoms with Crippen molar-refractivity contribution < 1.29 is 9.53 Å². The number of halogens is 1. The lowest BCUT2D eigenvalue weighted by Crippen LogP contribution is -2.06. The molecule has 4 heteroatoms.